The summed E-state index contributed by atoms with van der Waals surface area (Å²) < 4.78 is 2.27. The first kappa shape index (κ1) is 21.7. The van der Waals surface area contributed by atoms with Crippen LogP contribution >= 0.6 is 0 Å². The van der Waals surface area contributed by atoms with Gasteiger partial charge in [-0.25, -0.2) is 0 Å². The summed E-state index contributed by atoms with van der Waals surface area (Å²) in [5.41, 5.74) is 4.69. The molecule has 1 unspecified atom stereocenters. The van der Waals surface area contributed by atoms with E-state index in [0.29, 0.717) is 11.5 Å². The predicted octanol–water partition coefficient (Wildman–Crippen LogP) is 7.70. The number of rotatable bonds is 4. The number of nitrogens with zero attached hydrogens (tertiary/aromatic N) is 1. The smallest absolute Gasteiger partial charge is 0.176 e. The monoisotopic (exact) mass is 455 g/mol. The number of aliphatic hydroxyl groups is 1. The van der Waals surface area contributed by atoms with Crippen LogP contribution in [-0.4, -0.2) is 9.67 Å². The van der Waals surface area contributed by atoms with E-state index in [1.54, 1.807) is 0 Å². The van der Waals surface area contributed by atoms with Gasteiger partial charge in [0.1, 0.15) is 0 Å². The maximum absolute atomic E-state index is 11.6. The largest absolute Gasteiger partial charge is 0.369 e. The van der Waals surface area contributed by atoms with E-state index < -0.39 is 5.60 Å². The summed E-state index contributed by atoms with van der Waals surface area (Å²) in [7, 11) is 0. The molecule has 0 aliphatic heterocycles. The number of hydrogen-bond donors (Lipinski definition) is 1. The van der Waals surface area contributed by atoms with Gasteiger partial charge in [-0.15, -0.1) is 6.42 Å². The van der Waals surface area contributed by atoms with E-state index in [-0.39, 0.29) is 0 Å². The molecule has 0 saturated heterocycles. The lowest BCUT2D eigenvalue weighted by Gasteiger charge is -2.26. The van der Waals surface area contributed by atoms with Gasteiger partial charge in [-0.3, -0.25) is 0 Å². The van der Waals surface area contributed by atoms with Gasteiger partial charge in [-0.1, -0.05) is 98.0 Å². The summed E-state index contributed by atoms with van der Waals surface area (Å²) in [6.07, 6.45) is 12.4. The van der Waals surface area contributed by atoms with Crippen molar-refractivity contribution in [2.45, 2.75) is 43.6 Å². The standard InChI is InChI=1S/C33H29NO/c1-2-33(35,26-18-16-25(17-19-26)24-10-4-3-5-11-24)27-20-22-28(23-21-27)34-31-14-8-6-12-29(31)30-13-7-9-15-32(30)34/h1,6-9,12-24,35H,3-5,10-11H2. The van der Waals surface area contributed by atoms with E-state index in [9.17, 15) is 5.11 Å². The quantitative estimate of drug-likeness (QED) is 0.276. The molecule has 172 valence electrons. The predicted molar refractivity (Wildman–Crippen MR) is 145 cm³/mol. The molecule has 1 aliphatic rings. The van der Waals surface area contributed by atoms with Crippen LogP contribution in [0.3, 0.4) is 0 Å². The first-order valence-electron chi connectivity index (χ1n) is 12.6. The number of terminal acetylenes is 1. The minimum absolute atomic E-state index is 0.627. The summed E-state index contributed by atoms with van der Waals surface area (Å²) in [4.78, 5) is 0. The van der Waals surface area contributed by atoms with Crippen molar-refractivity contribution in [2.75, 3.05) is 0 Å². The highest BCUT2D eigenvalue weighted by Gasteiger charge is 2.29. The Kier molecular flexibility index (Phi) is 5.44. The van der Waals surface area contributed by atoms with Crippen molar-refractivity contribution in [3.8, 4) is 18.0 Å². The Bertz CT molecular complexity index is 1480. The number of para-hydroxylation sites is 2. The van der Waals surface area contributed by atoms with Crippen LogP contribution in [0.4, 0.5) is 0 Å². The van der Waals surface area contributed by atoms with Gasteiger partial charge >= 0.3 is 0 Å². The van der Waals surface area contributed by atoms with Crippen LogP contribution in [0.5, 0.6) is 0 Å². The average Bonchev–Trinajstić information content (AvgIpc) is 3.28. The van der Waals surface area contributed by atoms with Gasteiger partial charge in [-0.2, -0.15) is 0 Å². The van der Waals surface area contributed by atoms with E-state index >= 15 is 0 Å². The minimum Gasteiger partial charge on any atom is -0.369 e. The van der Waals surface area contributed by atoms with Crippen molar-refractivity contribution in [3.05, 3.63) is 114 Å². The molecule has 1 fully saturated rings. The molecule has 1 aliphatic carbocycles. The summed E-state index contributed by atoms with van der Waals surface area (Å²) in [6, 6.07) is 33.2. The Balaban J connectivity index is 1.37. The molecule has 0 radical (unpaired) electrons. The average molecular weight is 456 g/mol. The zero-order chi connectivity index (χ0) is 23.8. The van der Waals surface area contributed by atoms with Crippen LogP contribution in [0, 0.1) is 12.3 Å². The van der Waals surface area contributed by atoms with Crippen molar-refractivity contribution in [2.24, 2.45) is 0 Å². The van der Waals surface area contributed by atoms with E-state index in [0.717, 1.165) is 22.3 Å². The van der Waals surface area contributed by atoms with Gasteiger partial charge in [0.2, 0.25) is 0 Å². The fourth-order valence-corrected chi connectivity index (χ4v) is 5.82. The van der Waals surface area contributed by atoms with Crippen molar-refractivity contribution < 1.29 is 5.11 Å². The molecule has 2 nitrogen and oxygen atoms in total. The minimum atomic E-state index is -1.47. The van der Waals surface area contributed by atoms with E-state index in [1.807, 2.05) is 36.4 Å². The summed E-state index contributed by atoms with van der Waals surface area (Å²) in [5.74, 6) is 3.30. The molecule has 1 atom stereocenters. The third-order valence-electron chi connectivity index (χ3n) is 7.74. The molecule has 0 spiro atoms. The number of fused-ring (bicyclic) bond motifs is 3. The highest BCUT2D eigenvalue weighted by molar-refractivity contribution is 6.09. The fourth-order valence-electron chi connectivity index (χ4n) is 5.82. The molecular weight excluding hydrogens is 426 g/mol. The first-order valence-corrected chi connectivity index (χ1v) is 12.6. The van der Waals surface area contributed by atoms with Crippen LogP contribution < -0.4 is 0 Å². The van der Waals surface area contributed by atoms with Crippen LogP contribution in [0.2, 0.25) is 0 Å². The second-order valence-corrected chi connectivity index (χ2v) is 9.73. The Morgan fingerprint density at radius 3 is 1.74 bits per heavy atom. The summed E-state index contributed by atoms with van der Waals surface area (Å²) >= 11 is 0. The normalized spacial score (nSPS) is 16.2. The molecule has 1 saturated carbocycles. The van der Waals surface area contributed by atoms with Crippen LogP contribution in [0.1, 0.15) is 54.7 Å². The third kappa shape index (κ3) is 3.64. The lowest BCUT2D eigenvalue weighted by molar-refractivity contribution is 0.145. The molecule has 4 aromatic carbocycles. The fraction of sp³-hybridized carbons (Fsp3) is 0.212. The molecule has 1 N–H and O–H groups in total. The lowest BCUT2D eigenvalue weighted by atomic mass is 9.82. The topological polar surface area (TPSA) is 25.2 Å². The van der Waals surface area contributed by atoms with E-state index in [4.69, 9.17) is 6.42 Å². The van der Waals surface area contributed by atoms with E-state index in [1.165, 1.54) is 48.4 Å². The molecule has 0 amide bonds. The van der Waals surface area contributed by atoms with Gasteiger partial charge in [0, 0.05) is 27.6 Å². The van der Waals surface area contributed by atoms with Gasteiger partial charge in [0.25, 0.3) is 0 Å². The van der Waals surface area contributed by atoms with Crippen LogP contribution in [0.15, 0.2) is 97.1 Å². The van der Waals surface area contributed by atoms with Crippen molar-refractivity contribution in [1.82, 2.24) is 4.57 Å². The Morgan fingerprint density at radius 2 is 1.20 bits per heavy atom. The second kappa shape index (κ2) is 8.77. The highest BCUT2D eigenvalue weighted by atomic mass is 16.3. The zero-order valence-corrected chi connectivity index (χ0v) is 19.8. The molecule has 1 aromatic heterocycles. The van der Waals surface area contributed by atoms with E-state index in [2.05, 4.69) is 71.2 Å². The van der Waals surface area contributed by atoms with Gasteiger partial charge < -0.3 is 9.67 Å². The van der Waals surface area contributed by atoms with Gasteiger partial charge in [0.15, 0.2) is 5.60 Å². The molecule has 35 heavy (non-hydrogen) atoms. The highest BCUT2D eigenvalue weighted by Crippen LogP contribution is 2.36. The maximum atomic E-state index is 11.6. The molecule has 1 heterocycles. The molecular formula is C33H29NO. The van der Waals surface area contributed by atoms with Gasteiger partial charge in [-0.05, 0) is 48.6 Å². The van der Waals surface area contributed by atoms with Crippen molar-refractivity contribution in [1.29, 1.82) is 0 Å². The van der Waals surface area contributed by atoms with Crippen LogP contribution in [-0.2, 0) is 5.60 Å². The Morgan fingerprint density at radius 1 is 0.686 bits per heavy atom. The molecule has 6 rings (SSSR count). The molecule has 0 bridgehead atoms. The first-order chi connectivity index (χ1) is 17.2. The van der Waals surface area contributed by atoms with Crippen LogP contribution in [0.25, 0.3) is 27.5 Å². The third-order valence-corrected chi connectivity index (χ3v) is 7.74. The summed E-state index contributed by atoms with van der Waals surface area (Å²) in [6.45, 7) is 0. The van der Waals surface area contributed by atoms with Gasteiger partial charge in [0.05, 0.1) is 11.0 Å². The summed E-state index contributed by atoms with van der Waals surface area (Å²) in [5, 5.41) is 14.0. The number of benzene rings is 4. The second-order valence-electron chi connectivity index (χ2n) is 9.73. The lowest BCUT2D eigenvalue weighted by Crippen LogP contribution is -2.25. The maximum Gasteiger partial charge on any atom is 0.176 e. The Labute approximate surface area is 206 Å². The molecule has 2 heteroatoms. The molecule has 5 aromatic rings. The number of aromatic nitrogens is 1. The number of hydrogen-bond acceptors (Lipinski definition) is 1. The van der Waals surface area contributed by atoms with Crippen molar-refractivity contribution in [3.63, 3.8) is 0 Å². The zero-order valence-electron chi connectivity index (χ0n) is 19.8. The Hall–Kier alpha value is -3.80. The van der Waals surface area contributed by atoms with Crippen molar-refractivity contribution >= 4 is 21.8 Å². The SMILES string of the molecule is C#CC(O)(c1ccc(C2CCCCC2)cc1)c1ccc(-n2c3ccccc3c3ccccc32)cc1.